The number of hydrogen-bond donors (Lipinski definition) is 3. The van der Waals surface area contributed by atoms with E-state index >= 15 is 0 Å². The Kier molecular flexibility index (Phi) is 10.8. The molecule has 0 aromatic heterocycles. The molecule has 0 fully saturated rings. The zero-order chi connectivity index (χ0) is 19.8. The molecule has 0 unspecified atom stereocenters. The zero-order valence-corrected chi connectivity index (χ0v) is 19.2. The van der Waals surface area contributed by atoms with Crippen LogP contribution in [0.4, 0.5) is 4.39 Å². The Bertz CT molecular complexity index is 749. The van der Waals surface area contributed by atoms with Crippen molar-refractivity contribution in [2.75, 3.05) is 25.4 Å². The van der Waals surface area contributed by atoms with Gasteiger partial charge in [0.15, 0.2) is 15.8 Å². The second-order valence-electron chi connectivity index (χ2n) is 6.67. The summed E-state index contributed by atoms with van der Waals surface area (Å²) in [6.45, 7) is 7.94. The normalized spacial score (nSPS) is 12.1. The summed E-state index contributed by atoms with van der Waals surface area (Å²) in [6.07, 6.45) is 0. The Balaban J connectivity index is 0.00000676. The molecule has 3 N–H and O–H groups in total. The summed E-state index contributed by atoms with van der Waals surface area (Å²) >= 11 is 0. The number of halogens is 2. The monoisotopic (exact) mass is 514 g/mol. The Morgan fingerprint density at radius 2 is 1.81 bits per heavy atom. The van der Waals surface area contributed by atoms with Crippen LogP contribution >= 0.6 is 24.0 Å². The van der Waals surface area contributed by atoms with Gasteiger partial charge in [-0.15, -0.1) is 24.0 Å². The minimum atomic E-state index is -3.76. The van der Waals surface area contributed by atoms with Crippen LogP contribution < -0.4 is 16.0 Å². The highest BCUT2D eigenvalue weighted by molar-refractivity contribution is 14.0. The number of carbonyl (C=O) groups is 1. The second-order valence-corrected chi connectivity index (χ2v) is 8.75. The predicted octanol–water partition coefficient (Wildman–Crippen LogP) is 1.69. The molecule has 7 nitrogen and oxygen atoms in total. The van der Waals surface area contributed by atoms with Gasteiger partial charge in [0.1, 0.15) is 17.3 Å². The third kappa shape index (κ3) is 9.89. The molecule has 154 valence electrons. The molecule has 0 radical (unpaired) electrons. The van der Waals surface area contributed by atoms with Crippen molar-refractivity contribution in [1.82, 2.24) is 16.0 Å². The van der Waals surface area contributed by atoms with Gasteiger partial charge in [0.05, 0.1) is 5.75 Å². The number of benzene rings is 1. The summed E-state index contributed by atoms with van der Waals surface area (Å²) < 4.78 is 38.1. The number of aliphatic imine (C=N–C) groups is 1. The standard InChI is InChI=1S/C17H27FN4O3S.HI/c1-5-19-16(21-12-15(23)22-17(2,3)4)20-10-11-26(24,25)14-9-7-6-8-13(14)18;/h6-9H,5,10-12H2,1-4H3,(H,22,23)(H2,19,20,21);1H. The van der Waals surface area contributed by atoms with Crippen LogP contribution in [-0.4, -0.2) is 51.2 Å². The number of nitrogens with one attached hydrogen (secondary N) is 3. The van der Waals surface area contributed by atoms with Crippen LogP contribution in [0, 0.1) is 5.82 Å². The first kappa shape index (κ1) is 25.6. The molecule has 0 aliphatic carbocycles. The molecule has 1 rings (SSSR count). The number of carbonyl (C=O) groups excluding carboxylic acids is 1. The van der Waals surface area contributed by atoms with Crippen LogP contribution in [0.5, 0.6) is 0 Å². The summed E-state index contributed by atoms with van der Waals surface area (Å²) in [4.78, 5) is 15.6. The fourth-order valence-corrected chi connectivity index (χ4v) is 3.30. The van der Waals surface area contributed by atoms with Gasteiger partial charge in [-0.05, 0) is 39.8 Å². The molecule has 0 saturated heterocycles. The maximum Gasteiger partial charge on any atom is 0.242 e. The van der Waals surface area contributed by atoms with Gasteiger partial charge in [-0.3, -0.25) is 4.79 Å². The van der Waals surface area contributed by atoms with Crippen molar-refractivity contribution in [3.8, 4) is 0 Å². The van der Waals surface area contributed by atoms with Crippen molar-refractivity contribution in [2.45, 2.75) is 38.1 Å². The van der Waals surface area contributed by atoms with E-state index in [0.717, 1.165) is 6.07 Å². The molecule has 0 atom stereocenters. The van der Waals surface area contributed by atoms with E-state index in [1.54, 1.807) is 0 Å². The molecule has 27 heavy (non-hydrogen) atoms. The van der Waals surface area contributed by atoms with Gasteiger partial charge in [-0.1, -0.05) is 12.1 Å². The quantitative estimate of drug-likeness (QED) is 0.292. The lowest BCUT2D eigenvalue weighted by molar-refractivity contribution is -0.121. The van der Waals surface area contributed by atoms with Gasteiger partial charge in [-0.25, -0.2) is 17.8 Å². The summed E-state index contributed by atoms with van der Waals surface area (Å²) in [5.41, 5.74) is -0.355. The first-order valence-corrected chi connectivity index (χ1v) is 10.0. The van der Waals surface area contributed by atoms with Crippen molar-refractivity contribution in [3.05, 3.63) is 30.1 Å². The summed E-state index contributed by atoms with van der Waals surface area (Å²) in [7, 11) is -3.76. The SMILES string of the molecule is CCNC(=NCC(=O)NC(C)(C)C)NCCS(=O)(=O)c1ccccc1F.I. The molecule has 1 aromatic carbocycles. The van der Waals surface area contributed by atoms with Gasteiger partial charge in [-0.2, -0.15) is 0 Å². The van der Waals surface area contributed by atoms with Crippen LogP contribution in [0.25, 0.3) is 0 Å². The molecular weight excluding hydrogens is 486 g/mol. The van der Waals surface area contributed by atoms with Crippen molar-refractivity contribution in [2.24, 2.45) is 4.99 Å². The molecule has 0 saturated carbocycles. The molecule has 0 aliphatic heterocycles. The predicted molar refractivity (Wildman–Crippen MR) is 116 cm³/mol. The molecule has 10 heteroatoms. The Morgan fingerprint density at radius 1 is 1.19 bits per heavy atom. The third-order valence-electron chi connectivity index (χ3n) is 3.07. The van der Waals surface area contributed by atoms with E-state index in [2.05, 4.69) is 20.9 Å². The van der Waals surface area contributed by atoms with Gasteiger partial charge >= 0.3 is 0 Å². The number of sulfone groups is 1. The van der Waals surface area contributed by atoms with Crippen molar-refractivity contribution in [3.63, 3.8) is 0 Å². The van der Waals surface area contributed by atoms with Crippen LogP contribution in [0.15, 0.2) is 34.2 Å². The zero-order valence-electron chi connectivity index (χ0n) is 16.0. The number of guanidine groups is 1. The largest absolute Gasteiger partial charge is 0.357 e. The lowest BCUT2D eigenvalue weighted by atomic mass is 10.1. The van der Waals surface area contributed by atoms with E-state index in [1.165, 1.54) is 18.2 Å². The molecule has 0 aliphatic rings. The molecule has 0 spiro atoms. The van der Waals surface area contributed by atoms with E-state index in [9.17, 15) is 17.6 Å². The van der Waals surface area contributed by atoms with Gasteiger partial charge in [0.2, 0.25) is 5.91 Å². The highest BCUT2D eigenvalue weighted by Crippen LogP contribution is 2.14. The number of amides is 1. The third-order valence-corrected chi connectivity index (χ3v) is 4.82. The minimum Gasteiger partial charge on any atom is -0.357 e. The average Bonchev–Trinajstić information content (AvgIpc) is 2.51. The highest BCUT2D eigenvalue weighted by Gasteiger charge is 2.18. The topological polar surface area (TPSA) is 99.7 Å². The molecular formula is C17H28FIN4O3S. The molecule has 1 aromatic rings. The summed E-state index contributed by atoms with van der Waals surface area (Å²) in [6, 6.07) is 5.26. The van der Waals surface area contributed by atoms with Crippen LogP contribution in [0.1, 0.15) is 27.7 Å². The first-order chi connectivity index (χ1) is 12.0. The lowest BCUT2D eigenvalue weighted by Gasteiger charge is -2.20. The Labute approximate surface area is 177 Å². The van der Waals surface area contributed by atoms with Crippen molar-refractivity contribution in [1.29, 1.82) is 0 Å². The number of rotatable bonds is 7. The maximum atomic E-state index is 13.7. The van der Waals surface area contributed by atoms with Crippen molar-refractivity contribution < 1.29 is 17.6 Å². The first-order valence-electron chi connectivity index (χ1n) is 8.35. The Hall–Kier alpha value is -1.43. The number of nitrogens with zero attached hydrogens (tertiary/aromatic N) is 1. The van der Waals surface area contributed by atoms with E-state index < -0.39 is 15.7 Å². The fraction of sp³-hybridized carbons (Fsp3) is 0.529. The van der Waals surface area contributed by atoms with E-state index in [0.29, 0.717) is 12.5 Å². The lowest BCUT2D eigenvalue weighted by Crippen LogP contribution is -2.43. The molecule has 1 amide bonds. The highest BCUT2D eigenvalue weighted by atomic mass is 127. The second kappa shape index (κ2) is 11.4. The average molecular weight is 514 g/mol. The molecule has 0 bridgehead atoms. The van der Waals surface area contributed by atoms with Gasteiger partial charge in [0.25, 0.3) is 0 Å². The number of hydrogen-bond acceptors (Lipinski definition) is 4. The minimum absolute atomic E-state index is 0. The van der Waals surface area contributed by atoms with Gasteiger partial charge < -0.3 is 16.0 Å². The maximum absolute atomic E-state index is 13.7. The van der Waals surface area contributed by atoms with Crippen LogP contribution in [-0.2, 0) is 14.6 Å². The fourth-order valence-electron chi connectivity index (χ4n) is 2.06. The summed E-state index contributed by atoms with van der Waals surface area (Å²) in [5, 5.41) is 8.56. The van der Waals surface area contributed by atoms with Gasteiger partial charge in [0, 0.05) is 18.6 Å². The van der Waals surface area contributed by atoms with E-state index in [-0.39, 0.29) is 59.2 Å². The smallest absolute Gasteiger partial charge is 0.242 e. The van der Waals surface area contributed by atoms with Crippen LogP contribution in [0.3, 0.4) is 0 Å². The Morgan fingerprint density at radius 3 is 2.37 bits per heavy atom. The van der Waals surface area contributed by atoms with Crippen LogP contribution in [0.2, 0.25) is 0 Å². The molecule has 0 heterocycles. The summed E-state index contributed by atoms with van der Waals surface area (Å²) in [5.74, 6) is -0.993. The van der Waals surface area contributed by atoms with E-state index in [4.69, 9.17) is 0 Å². The van der Waals surface area contributed by atoms with Crippen molar-refractivity contribution >= 4 is 45.7 Å². The van der Waals surface area contributed by atoms with E-state index in [1.807, 2.05) is 27.7 Å².